The Kier molecular flexibility index (Phi) is 4.59. The van der Waals surface area contributed by atoms with Crippen LogP contribution in [0.4, 0.5) is 0 Å². The van der Waals surface area contributed by atoms with E-state index < -0.39 is 0 Å². The normalized spacial score (nSPS) is 24.2. The highest BCUT2D eigenvalue weighted by molar-refractivity contribution is 5.75. The zero-order chi connectivity index (χ0) is 13.8. The summed E-state index contributed by atoms with van der Waals surface area (Å²) in [5.74, 6) is 2.41. The third-order valence-electron chi connectivity index (χ3n) is 4.25. The molecule has 1 saturated heterocycles. The second-order valence-corrected chi connectivity index (χ2v) is 5.67. The molecular formula is C16H23NO2. The van der Waals surface area contributed by atoms with Gasteiger partial charge in [-0.3, -0.25) is 9.69 Å². The Morgan fingerprint density at radius 3 is 2.79 bits per heavy atom. The Labute approximate surface area is 115 Å². The molecule has 2 atom stereocenters. The highest BCUT2D eigenvalue weighted by atomic mass is 16.5. The summed E-state index contributed by atoms with van der Waals surface area (Å²) >= 11 is 0. The minimum Gasteiger partial charge on any atom is -0.496 e. The van der Waals surface area contributed by atoms with Gasteiger partial charge in [0.2, 0.25) is 0 Å². The van der Waals surface area contributed by atoms with Crippen molar-refractivity contribution in [3.05, 3.63) is 29.3 Å². The molecule has 0 amide bonds. The summed E-state index contributed by atoms with van der Waals surface area (Å²) in [6, 6.07) is 5.62. The molecule has 1 aromatic rings. The van der Waals surface area contributed by atoms with Crippen molar-refractivity contribution in [2.24, 2.45) is 11.8 Å². The van der Waals surface area contributed by atoms with E-state index in [4.69, 9.17) is 4.74 Å². The topological polar surface area (TPSA) is 29.5 Å². The molecule has 2 unspecified atom stereocenters. The number of rotatable bonds is 4. The molecule has 1 aliphatic rings. The van der Waals surface area contributed by atoms with Crippen LogP contribution in [0.3, 0.4) is 0 Å². The van der Waals surface area contributed by atoms with Crippen molar-refractivity contribution in [2.75, 3.05) is 20.2 Å². The Morgan fingerprint density at radius 2 is 2.16 bits per heavy atom. The molecule has 0 aromatic heterocycles. The molecular weight excluding hydrogens is 238 g/mol. The van der Waals surface area contributed by atoms with Crippen LogP contribution in [0.15, 0.2) is 18.2 Å². The number of likely N-dealkylation sites (tertiary alicyclic amines) is 1. The molecule has 0 radical (unpaired) electrons. The van der Waals surface area contributed by atoms with Crippen LogP contribution in [0.2, 0.25) is 0 Å². The fraction of sp³-hybridized carbons (Fsp3) is 0.562. The van der Waals surface area contributed by atoms with Gasteiger partial charge in [-0.2, -0.15) is 0 Å². The highest BCUT2D eigenvalue weighted by Crippen LogP contribution is 2.26. The Hall–Kier alpha value is -1.35. The molecule has 104 valence electrons. The van der Waals surface area contributed by atoms with E-state index in [0.29, 0.717) is 5.56 Å². The number of benzene rings is 1. The van der Waals surface area contributed by atoms with Gasteiger partial charge in [0, 0.05) is 24.2 Å². The smallest absolute Gasteiger partial charge is 0.150 e. The van der Waals surface area contributed by atoms with E-state index in [9.17, 15) is 4.79 Å². The van der Waals surface area contributed by atoms with Crippen LogP contribution in [0.1, 0.15) is 36.2 Å². The molecule has 1 fully saturated rings. The maximum atomic E-state index is 10.9. The van der Waals surface area contributed by atoms with Crippen molar-refractivity contribution in [2.45, 2.75) is 26.8 Å². The molecule has 1 aliphatic heterocycles. The molecule has 0 bridgehead atoms. The first-order valence-corrected chi connectivity index (χ1v) is 6.98. The van der Waals surface area contributed by atoms with Gasteiger partial charge >= 0.3 is 0 Å². The maximum Gasteiger partial charge on any atom is 0.150 e. The van der Waals surface area contributed by atoms with Crippen LogP contribution < -0.4 is 4.74 Å². The fourth-order valence-corrected chi connectivity index (χ4v) is 2.73. The van der Waals surface area contributed by atoms with Crippen molar-refractivity contribution in [1.29, 1.82) is 0 Å². The lowest BCUT2D eigenvalue weighted by Crippen LogP contribution is -2.37. The third kappa shape index (κ3) is 3.35. The number of ether oxygens (including phenoxy) is 1. The number of piperidine rings is 1. The number of hydrogen-bond donors (Lipinski definition) is 0. The average molecular weight is 261 g/mol. The van der Waals surface area contributed by atoms with Gasteiger partial charge in [0.25, 0.3) is 0 Å². The van der Waals surface area contributed by atoms with Gasteiger partial charge in [0.05, 0.1) is 7.11 Å². The van der Waals surface area contributed by atoms with E-state index >= 15 is 0 Å². The monoisotopic (exact) mass is 261 g/mol. The Morgan fingerprint density at radius 1 is 1.37 bits per heavy atom. The first-order chi connectivity index (χ1) is 9.13. The molecule has 1 aromatic carbocycles. The van der Waals surface area contributed by atoms with Gasteiger partial charge in [-0.05, 0) is 43.0 Å². The number of hydrogen-bond acceptors (Lipinski definition) is 3. The van der Waals surface area contributed by atoms with Crippen molar-refractivity contribution in [1.82, 2.24) is 4.90 Å². The SMILES string of the molecule is COc1ccc(C=O)cc1CN1CCC(C)C(C)C1. The minimum atomic E-state index is 0.717. The quantitative estimate of drug-likeness (QED) is 0.780. The van der Waals surface area contributed by atoms with Crippen molar-refractivity contribution in [3.8, 4) is 5.75 Å². The molecule has 1 heterocycles. The van der Waals surface area contributed by atoms with Gasteiger partial charge in [-0.1, -0.05) is 13.8 Å². The number of aldehydes is 1. The number of methoxy groups -OCH3 is 1. The third-order valence-corrected chi connectivity index (χ3v) is 4.25. The summed E-state index contributed by atoms with van der Waals surface area (Å²) in [5.41, 5.74) is 1.82. The average Bonchev–Trinajstić information content (AvgIpc) is 2.43. The first-order valence-electron chi connectivity index (χ1n) is 6.98. The van der Waals surface area contributed by atoms with Crippen molar-refractivity contribution in [3.63, 3.8) is 0 Å². The standard InChI is InChI=1S/C16H23NO2/c1-12-6-7-17(9-13(12)2)10-15-8-14(11-18)4-5-16(15)19-3/h4-5,8,11-13H,6-7,9-10H2,1-3H3. The van der Waals surface area contributed by atoms with Crippen LogP contribution in [0.25, 0.3) is 0 Å². The number of carbonyl (C=O) groups excluding carboxylic acids is 1. The lowest BCUT2D eigenvalue weighted by Gasteiger charge is -2.35. The lowest BCUT2D eigenvalue weighted by molar-refractivity contribution is 0.112. The summed E-state index contributed by atoms with van der Waals surface area (Å²) < 4.78 is 5.39. The van der Waals surface area contributed by atoms with Crippen LogP contribution in [-0.2, 0) is 6.54 Å². The van der Waals surface area contributed by atoms with E-state index in [1.165, 1.54) is 6.42 Å². The molecule has 0 spiro atoms. The molecule has 3 nitrogen and oxygen atoms in total. The van der Waals surface area contributed by atoms with Gasteiger partial charge in [0.15, 0.2) is 0 Å². The molecule has 3 heteroatoms. The fourth-order valence-electron chi connectivity index (χ4n) is 2.73. The largest absolute Gasteiger partial charge is 0.496 e. The summed E-state index contributed by atoms with van der Waals surface area (Å²) in [4.78, 5) is 13.3. The second kappa shape index (κ2) is 6.20. The van der Waals surface area contributed by atoms with E-state index in [-0.39, 0.29) is 0 Å². The molecule has 19 heavy (non-hydrogen) atoms. The summed E-state index contributed by atoms with van der Waals surface area (Å²) in [5, 5.41) is 0. The van der Waals surface area contributed by atoms with Crippen molar-refractivity contribution < 1.29 is 9.53 Å². The maximum absolute atomic E-state index is 10.9. The van der Waals surface area contributed by atoms with Gasteiger partial charge in [0.1, 0.15) is 12.0 Å². The molecule has 0 saturated carbocycles. The summed E-state index contributed by atoms with van der Waals surface area (Å²) in [6.07, 6.45) is 2.14. The summed E-state index contributed by atoms with van der Waals surface area (Å²) in [7, 11) is 1.68. The molecule has 2 rings (SSSR count). The first kappa shape index (κ1) is 14.1. The summed E-state index contributed by atoms with van der Waals surface area (Å²) in [6.45, 7) is 7.75. The van der Waals surface area contributed by atoms with Crippen LogP contribution in [-0.4, -0.2) is 31.4 Å². The minimum absolute atomic E-state index is 0.717. The van der Waals surface area contributed by atoms with Gasteiger partial charge in [-0.15, -0.1) is 0 Å². The number of nitrogens with zero attached hydrogens (tertiary/aromatic N) is 1. The van der Waals surface area contributed by atoms with E-state index in [0.717, 1.165) is 49.1 Å². The van der Waals surface area contributed by atoms with Crippen molar-refractivity contribution >= 4 is 6.29 Å². The van der Waals surface area contributed by atoms with Crippen LogP contribution in [0.5, 0.6) is 5.75 Å². The van der Waals surface area contributed by atoms with E-state index in [2.05, 4.69) is 18.7 Å². The zero-order valence-electron chi connectivity index (χ0n) is 12.1. The highest BCUT2D eigenvalue weighted by Gasteiger charge is 2.23. The second-order valence-electron chi connectivity index (χ2n) is 5.67. The van der Waals surface area contributed by atoms with E-state index in [1.54, 1.807) is 13.2 Å². The Balaban J connectivity index is 2.11. The van der Waals surface area contributed by atoms with E-state index in [1.807, 2.05) is 12.1 Å². The van der Waals surface area contributed by atoms with Crippen LogP contribution in [0, 0.1) is 11.8 Å². The lowest BCUT2D eigenvalue weighted by atomic mass is 9.88. The molecule has 0 aliphatic carbocycles. The zero-order valence-corrected chi connectivity index (χ0v) is 12.1. The van der Waals surface area contributed by atoms with Gasteiger partial charge < -0.3 is 4.74 Å². The predicted molar refractivity (Wildman–Crippen MR) is 76.6 cm³/mol. The number of carbonyl (C=O) groups is 1. The molecule has 0 N–H and O–H groups in total. The predicted octanol–water partition coefficient (Wildman–Crippen LogP) is 2.99. The van der Waals surface area contributed by atoms with Gasteiger partial charge in [-0.25, -0.2) is 0 Å². The Bertz CT molecular complexity index is 444. The van der Waals surface area contributed by atoms with Crippen LogP contribution >= 0.6 is 0 Å².